The average molecular weight is 363 g/mol. The summed E-state index contributed by atoms with van der Waals surface area (Å²) in [5.41, 5.74) is 0.431. The van der Waals surface area contributed by atoms with E-state index >= 15 is 0 Å². The number of carbonyl (C=O) groups excluding carboxylic acids is 1. The first-order chi connectivity index (χ1) is 12.3. The molecule has 1 heterocycles. The summed E-state index contributed by atoms with van der Waals surface area (Å²) in [6, 6.07) is 14.3. The summed E-state index contributed by atoms with van der Waals surface area (Å²) in [7, 11) is 1.98. The largest absolute Gasteiger partial charge is 0.416 e. The van der Waals surface area contributed by atoms with Crippen LogP contribution in [0.2, 0.25) is 0 Å². The molecule has 4 nitrogen and oxygen atoms in total. The van der Waals surface area contributed by atoms with Crippen molar-refractivity contribution in [1.29, 1.82) is 0 Å². The van der Waals surface area contributed by atoms with Gasteiger partial charge in [-0.25, -0.2) is 4.79 Å². The van der Waals surface area contributed by atoms with E-state index < -0.39 is 11.7 Å². The third-order valence-electron chi connectivity index (χ3n) is 4.60. The van der Waals surface area contributed by atoms with Crippen LogP contribution in [0.25, 0.3) is 0 Å². The fourth-order valence-electron chi connectivity index (χ4n) is 3.09. The summed E-state index contributed by atoms with van der Waals surface area (Å²) in [4.78, 5) is 16.1. The molecule has 0 aliphatic carbocycles. The van der Waals surface area contributed by atoms with E-state index in [0.717, 1.165) is 24.2 Å². The molecule has 1 aliphatic rings. The Kier molecular flexibility index (Phi) is 5.06. The molecule has 26 heavy (non-hydrogen) atoms. The fraction of sp³-hybridized carbons (Fsp3) is 0.316. The van der Waals surface area contributed by atoms with Crippen molar-refractivity contribution in [2.75, 3.05) is 30.4 Å². The van der Waals surface area contributed by atoms with Gasteiger partial charge in [0, 0.05) is 37.6 Å². The molecule has 1 N–H and O–H groups in total. The number of likely N-dealkylation sites (N-methyl/N-ethyl adjacent to an activating group) is 1. The Morgan fingerprint density at radius 2 is 1.88 bits per heavy atom. The zero-order valence-corrected chi connectivity index (χ0v) is 14.3. The quantitative estimate of drug-likeness (QED) is 0.875. The number of nitrogens with zero attached hydrogens (tertiary/aromatic N) is 2. The number of urea groups is 1. The second-order valence-corrected chi connectivity index (χ2v) is 6.34. The molecule has 7 heteroatoms. The number of halogens is 3. The zero-order valence-electron chi connectivity index (χ0n) is 14.3. The van der Waals surface area contributed by atoms with Gasteiger partial charge in [0.2, 0.25) is 0 Å². The summed E-state index contributed by atoms with van der Waals surface area (Å²) in [5, 5.41) is 2.56. The van der Waals surface area contributed by atoms with Gasteiger partial charge in [0.25, 0.3) is 0 Å². The molecule has 1 saturated heterocycles. The summed E-state index contributed by atoms with van der Waals surface area (Å²) in [6.07, 6.45) is -3.63. The topological polar surface area (TPSA) is 35.6 Å². The van der Waals surface area contributed by atoms with E-state index in [0.29, 0.717) is 13.1 Å². The minimum absolute atomic E-state index is 0.143. The maximum absolute atomic E-state index is 12.8. The van der Waals surface area contributed by atoms with Gasteiger partial charge in [0.15, 0.2) is 0 Å². The summed E-state index contributed by atoms with van der Waals surface area (Å²) >= 11 is 0. The number of nitrogens with one attached hydrogen (secondary N) is 1. The molecule has 1 fully saturated rings. The van der Waals surface area contributed by atoms with E-state index in [1.165, 1.54) is 12.1 Å². The number of amides is 2. The number of para-hydroxylation sites is 1. The predicted octanol–water partition coefficient (Wildman–Crippen LogP) is 4.45. The molecule has 1 atom stereocenters. The molecule has 2 amide bonds. The van der Waals surface area contributed by atoms with E-state index in [-0.39, 0.29) is 17.8 Å². The average Bonchev–Trinajstić information content (AvgIpc) is 3.11. The van der Waals surface area contributed by atoms with Crippen LogP contribution in [0.15, 0.2) is 54.6 Å². The first-order valence-corrected chi connectivity index (χ1v) is 8.35. The number of hydrogen-bond donors (Lipinski definition) is 1. The lowest BCUT2D eigenvalue weighted by Crippen LogP contribution is -2.38. The third kappa shape index (κ3) is 4.09. The van der Waals surface area contributed by atoms with E-state index in [1.807, 2.05) is 37.4 Å². The smallest absolute Gasteiger partial charge is 0.370 e. The minimum Gasteiger partial charge on any atom is -0.370 e. The number of likely N-dealkylation sites (tertiary alicyclic amines) is 1. The highest BCUT2D eigenvalue weighted by atomic mass is 19.4. The molecule has 2 aromatic rings. The van der Waals surface area contributed by atoms with Crippen LogP contribution in [0.5, 0.6) is 0 Å². The molecule has 138 valence electrons. The molecule has 0 aromatic heterocycles. The van der Waals surface area contributed by atoms with E-state index in [9.17, 15) is 18.0 Å². The van der Waals surface area contributed by atoms with Crippen LogP contribution in [-0.2, 0) is 6.18 Å². The maximum Gasteiger partial charge on any atom is 0.416 e. The van der Waals surface area contributed by atoms with E-state index in [2.05, 4.69) is 10.2 Å². The normalized spacial score (nSPS) is 17.2. The van der Waals surface area contributed by atoms with Crippen molar-refractivity contribution < 1.29 is 18.0 Å². The van der Waals surface area contributed by atoms with Gasteiger partial charge in [-0.2, -0.15) is 13.2 Å². The molecule has 0 radical (unpaired) electrons. The second kappa shape index (κ2) is 7.27. The highest BCUT2D eigenvalue weighted by Crippen LogP contribution is 2.31. The zero-order chi connectivity index (χ0) is 18.7. The van der Waals surface area contributed by atoms with Crippen molar-refractivity contribution in [3.8, 4) is 0 Å². The summed E-state index contributed by atoms with van der Waals surface area (Å²) in [5.74, 6) is 0. The van der Waals surface area contributed by atoms with Crippen LogP contribution in [0.4, 0.5) is 29.3 Å². The number of hydrogen-bond acceptors (Lipinski definition) is 2. The van der Waals surface area contributed by atoms with Gasteiger partial charge in [0.05, 0.1) is 5.56 Å². The van der Waals surface area contributed by atoms with Gasteiger partial charge in [0.1, 0.15) is 0 Å². The number of alkyl halides is 3. The first-order valence-electron chi connectivity index (χ1n) is 8.35. The van der Waals surface area contributed by atoms with Crippen LogP contribution >= 0.6 is 0 Å². The third-order valence-corrected chi connectivity index (χ3v) is 4.60. The standard InChI is InChI=1S/C19H20F3N3O/c1-24(16-8-3-2-4-9-16)17-10-11-25(13-17)18(26)23-15-7-5-6-14(12-15)19(20,21)22/h2-9,12,17H,10-11,13H2,1H3,(H,23,26). The molecule has 0 saturated carbocycles. The summed E-state index contributed by atoms with van der Waals surface area (Å²) < 4.78 is 38.3. The highest BCUT2D eigenvalue weighted by Gasteiger charge is 2.31. The monoisotopic (exact) mass is 363 g/mol. The second-order valence-electron chi connectivity index (χ2n) is 6.34. The van der Waals surface area contributed by atoms with Gasteiger partial charge in [-0.05, 0) is 36.8 Å². The SMILES string of the molecule is CN(c1ccccc1)C1CCN(C(=O)Nc2cccc(C(F)(F)F)c2)C1. The van der Waals surface area contributed by atoms with Gasteiger partial charge in [-0.15, -0.1) is 0 Å². The Bertz CT molecular complexity index is 764. The summed E-state index contributed by atoms with van der Waals surface area (Å²) in [6.45, 7) is 1.09. The Labute approximate surface area is 150 Å². The maximum atomic E-state index is 12.8. The van der Waals surface area contributed by atoms with E-state index in [4.69, 9.17) is 0 Å². The predicted molar refractivity (Wildman–Crippen MR) is 95.3 cm³/mol. The lowest BCUT2D eigenvalue weighted by atomic mass is 10.2. The van der Waals surface area contributed by atoms with Crippen molar-refractivity contribution in [2.24, 2.45) is 0 Å². The van der Waals surface area contributed by atoms with Crippen LogP contribution in [0.1, 0.15) is 12.0 Å². The van der Waals surface area contributed by atoms with E-state index in [1.54, 1.807) is 4.90 Å². The number of rotatable bonds is 3. The molecule has 3 rings (SSSR count). The van der Waals surface area contributed by atoms with Crippen molar-refractivity contribution in [1.82, 2.24) is 4.90 Å². The van der Waals surface area contributed by atoms with Gasteiger partial charge < -0.3 is 15.1 Å². The molecule has 1 aliphatic heterocycles. The lowest BCUT2D eigenvalue weighted by Gasteiger charge is -2.27. The van der Waals surface area contributed by atoms with Crippen molar-refractivity contribution in [3.05, 3.63) is 60.2 Å². The lowest BCUT2D eigenvalue weighted by molar-refractivity contribution is -0.137. The Morgan fingerprint density at radius 3 is 2.58 bits per heavy atom. The highest BCUT2D eigenvalue weighted by molar-refractivity contribution is 5.89. The fourth-order valence-corrected chi connectivity index (χ4v) is 3.09. The number of carbonyl (C=O) groups is 1. The van der Waals surface area contributed by atoms with Crippen LogP contribution in [0, 0.1) is 0 Å². The van der Waals surface area contributed by atoms with Crippen molar-refractivity contribution >= 4 is 17.4 Å². The van der Waals surface area contributed by atoms with Gasteiger partial charge >= 0.3 is 12.2 Å². The minimum atomic E-state index is -4.43. The molecule has 0 bridgehead atoms. The van der Waals surface area contributed by atoms with Crippen LogP contribution in [-0.4, -0.2) is 37.1 Å². The molecule has 0 spiro atoms. The molecular weight excluding hydrogens is 343 g/mol. The molecule has 1 unspecified atom stereocenters. The van der Waals surface area contributed by atoms with Crippen molar-refractivity contribution in [3.63, 3.8) is 0 Å². The van der Waals surface area contributed by atoms with Crippen LogP contribution < -0.4 is 10.2 Å². The molecular formula is C19H20F3N3O. The Balaban J connectivity index is 1.62. The number of benzene rings is 2. The first kappa shape index (κ1) is 18.1. The number of anilines is 2. The Morgan fingerprint density at radius 1 is 1.15 bits per heavy atom. The Hall–Kier alpha value is -2.70. The van der Waals surface area contributed by atoms with Crippen molar-refractivity contribution in [2.45, 2.75) is 18.6 Å². The van der Waals surface area contributed by atoms with Gasteiger partial charge in [-0.3, -0.25) is 0 Å². The van der Waals surface area contributed by atoms with Crippen LogP contribution in [0.3, 0.4) is 0 Å². The molecule has 2 aromatic carbocycles. The van der Waals surface area contributed by atoms with Gasteiger partial charge in [-0.1, -0.05) is 24.3 Å².